The van der Waals surface area contributed by atoms with E-state index in [-0.39, 0.29) is 11.6 Å². The van der Waals surface area contributed by atoms with Crippen molar-refractivity contribution in [2.45, 2.75) is 13.8 Å². The number of hydrogen-bond donors (Lipinski definition) is 2. The number of H-pyrrole nitrogens is 1. The van der Waals surface area contributed by atoms with Gasteiger partial charge in [-0.05, 0) is 26.0 Å². The summed E-state index contributed by atoms with van der Waals surface area (Å²) < 4.78 is 14.4. The molecule has 0 aliphatic carbocycles. The summed E-state index contributed by atoms with van der Waals surface area (Å²) in [4.78, 5) is 25.8. The molecule has 0 bridgehead atoms. The molecule has 4 aromatic rings. The van der Waals surface area contributed by atoms with E-state index in [9.17, 15) is 9.18 Å². The highest BCUT2D eigenvalue weighted by Crippen LogP contribution is 2.19. The average molecular weight is 463 g/mol. The molecule has 5 rings (SSSR count). The van der Waals surface area contributed by atoms with Crippen LogP contribution in [0, 0.1) is 19.7 Å². The van der Waals surface area contributed by atoms with Crippen molar-refractivity contribution < 1.29 is 9.18 Å². The number of halogens is 1. The van der Waals surface area contributed by atoms with Crippen molar-refractivity contribution in [1.29, 1.82) is 0 Å². The number of amides is 1. The summed E-state index contributed by atoms with van der Waals surface area (Å²) in [5.41, 5.74) is 1.99. The van der Waals surface area contributed by atoms with E-state index in [2.05, 4.69) is 40.8 Å². The van der Waals surface area contributed by atoms with Crippen LogP contribution in [0.4, 0.5) is 22.0 Å². The van der Waals surface area contributed by atoms with E-state index in [4.69, 9.17) is 0 Å². The van der Waals surface area contributed by atoms with E-state index in [0.29, 0.717) is 49.6 Å². The molecule has 13 heteroatoms. The molecule has 0 atom stereocenters. The fourth-order valence-electron chi connectivity index (χ4n) is 3.63. The minimum atomic E-state index is -0.475. The number of anilines is 3. The predicted octanol–water partition coefficient (Wildman–Crippen LogP) is 1.64. The number of carbonyl (C=O) groups excluding carboxylic acids is 1. The maximum Gasteiger partial charge on any atom is 0.274 e. The monoisotopic (exact) mass is 463 g/mol. The van der Waals surface area contributed by atoms with Gasteiger partial charge in [0.25, 0.3) is 5.91 Å². The molecule has 1 aliphatic heterocycles. The molecule has 12 nitrogen and oxygen atoms in total. The van der Waals surface area contributed by atoms with Crippen LogP contribution in [0.15, 0.2) is 36.7 Å². The number of hydrogen-bond acceptors (Lipinski definition) is 9. The number of piperazine rings is 1. The molecule has 1 amide bonds. The molecule has 1 saturated heterocycles. The highest BCUT2D eigenvalue weighted by molar-refractivity contribution is 5.92. The van der Waals surface area contributed by atoms with Crippen LogP contribution in [0.2, 0.25) is 0 Å². The SMILES string of the molecule is Cc1cc(Nc2cc(C)[nH]n2)nc(N2CCN(C(=O)c3ccc(-n4cc(F)cn4)nn3)CC2)n1. The van der Waals surface area contributed by atoms with E-state index in [0.717, 1.165) is 17.6 Å². The second kappa shape index (κ2) is 8.84. The molecule has 1 fully saturated rings. The fourth-order valence-corrected chi connectivity index (χ4v) is 3.63. The molecular formula is C21H22FN11O. The second-order valence-corrected chi connectivity index (χ2v) is 7.91. The van der Waals surface area contributed by atoms with Gasteiger partial charge in [0.1, 0.15) is 5.82 Å². The molecule has 1 aliphatic rings. The van der Waals surface area contributed by atoms with Crippen molar-refractivity contribution in [2.75, 3.05) is 36.4 Å². The highest BCUT2D eigenvalue weighted by atomic mass is 19.1. The number of rotatable bonds is 5. The molecule has 174 valence electrons. The largest absolute Gasteiger partial charge is 0.337 e. The summed E-state index contributed by atoms with van der Waals surface area (Å²) in [5, 5.41) is 22.1. The predicted molar refractivity (Wildman–Crippen MR) is 121 cm³/mol. The number of nitrogens with one attached hydrogen (secondary N) is 2. The Kier molecular flexibility index (Phi) is 5.57. The molecule has 0 unspecified atom stereocenters. The van der Waals surface area contributed by atoms with Gasteiger partial charge in [0.05, 0.1) is 12.4 Å². The van der Waals surface area contributed by atoms with Crippen LogP contribution in [0.3, 0.4) is 0 Å². The Morgan fingerprint density at radius 3 is 2.53 bits per heavy atom. The Morgan fingerprint density at radius 1 is 1.06 bits per heavy atom. The van der Waals surface area contributed by atoms with Crippen LogP contribution in [0.1, 0.15) is 21.9 Å². The topological polar surface area (TPSA) is 134 Å². The molecule has 0 aromatic carbocycles. The van der Waals surface area contributed by atoms with Gasteiger partial charge in [0.2, 0.25) is 5.95 Å². The summed E-state index contributed by atoms with van der Waals surface area (Å²) >= 11 is 0. The van der Waals surface area contributed by atoms with Gasteiger partial charge in [-0.3, -0.25) is 9.89 Å². The van der Waals surface area contributed by atoms with E-state index in [1.807, 2.05) is 30.9 Å². The molecule has 0 spiro atoms. The third kappa shape index (κ3) is 4.53. The molecule has 2 N–H and O–H groups in total. The summed E-state index contributed by atoms with van der Waals surface area (Å²) in [6.45, 7) is 5.97. The zero-order chi connectivity index (χ0) is 23.7. The summed E-state index contributed by atoms with van der Waals surface area (Å²) in [5.74, 6) is 1.57. The number of nitrogens with zero attached hydrogens (tertiary/aromatic N) is 9. The van der Waals surface area contributed by atoms with Gasteiger partial charge >= 0.3 is 0 Å². The lowest BCUT2D eigenvalue weighted by atomic mass is 10.2. The fraction of sp³-hybridized carbons (Fsp3) is 0.286. The van der Waals surface area contributed by atoms with Crippen LogP contribution >= 0.6 is 0 Å². The first-order chi connectivity index (χ1) is 16.4. The van der Waals surface area contributed by atoms with Gasteiger partial charge in [-0.15, -0.1) is 10.2 Å². The molecule has 4 aromatic heterocycles. The van der Waals surface area contributed by atoms with E-state index in [1.165, 1.54) is 10.9 Å². The van der Waals surface area contributed by atoms with Gasteiger partial charge in [0, 0.05) is 49.7 Å². The number of aromatic amines is 1. The van der Waals surface area contributed by atoms with Crippen LogP contribution in [0.25, 0.3) is 5.82 Å². The van der Waals surface area contributed by atoms with Gasteiger partial charge in [-0.25, -0.2) is 14.1 Å². The molecule has 5 heterocycles. The van der Waals surface area contributed by atoms with Gasteiger partial charge in [-0.2, -0.15) is 15.2 Å². The number of aryl methyl sites for hydroxylation is 2. The minimum Gasteiger partial charge on any atom is -0.337 e. The maximum atomic E-state index is 13.1. The number of aromatic nitrogens is 8. The zero-order valence-corrected chi connectivity index (χ0v) is 18.6. The van der Waals surface area contributed by atoms with E-state index < -0.39 is 5.82 Å². The number of carbonyl (C=O) groups is 1. The molecule has 0 saturated carbocycles. The Balaban J connectivity index is 1.22. The third-order valence-electron chi connectivity index (χ3n) is 5.31. The van der Waals surface area contributed by atoms with E-state index in [1.54, 1.807) is 17.0 Å². The highest BCUT2D eigenvalue weighted by Gasteiger charge is 2.25. The standard InChI is InChI=1S/C21H22FN11O/c1-13-9-17(25-18-10-14(2)27-29-18)26-21(24-13)32-7-5-31(6-8-32)20(34)16-3-4-19(30-28-16)33-12-15(22)11-23-33/h3-4,9-12H,5-8H2,1-2H3,(H2,24,25,26,27,29). The van der Waals surface area contributed by atoms with Crippen LogP contribution in [-0.4, -0.2) is 77.1 Å². The van der Waals surface area contributed by atoms with Gasteiger partial charge in [0.15, 0.2) is 23.1 Å². The zero-order valence-electron chi connectivity index (χ0n) is 18.6. The van der Waals surface area contributed by atoms with Crippen LogP contribution in [0.5, 0.6) is 0 Å². The summed E-state index contributed by atoms with van der Waals surface area (Å²) in [7, 11) is 0. The Labute approximate surface area is 193 Å². The molecule has 34 heavy (non-hydrogen) atoms. The lowest BCUT2D eigenvalue weighted by molar-refractivity contribution is 0.0739. The minimum absolute atomic E-state index is 0.216. The van der Waals surface area contributed by atoms with Crippen molar-refractivity contribution in [2.24, 2.45) is 0 Å². The third-order valence-corrected chi connectivity index (χ3v) is 5.31. The lowest BCUT2D eigenvalue weighted by Crippen LogP contribution is -2.49. The van der Waals surface area contributed by atoms with E-state index >= 15 is 0 Å². The molecular weight excluding hydrogens is 441 g/mol. The van der Waals surface area contributed by atoms with Crippen molar-refractivity contribution in [3.8, 4) is 5.82 Å². The quantitative estimate of drug-likeness (QED) is 0.453. The first-order valence-electron chi connectivity index (χ1n) is 10.7. The second-order valence-electron chi connectivity index (χ2n) is 7.91. The van der Waals surface area contributed by atoms with Crippen molar-refractivity contribution in [3.05, 3.63) is 59.6 Å². The average Bonchev–Trinajstić information content (AvgIpc) is 3.46. The van der Waals surface area contributed by atoms with Crippen molar-refractivity contribution in [3.63, 3.8) is 0 Å². The van der Waals surface area contributed by atoms with Crippen LogP contribution < -0.4 is 10.2 Å². The summed E-state index contributed by atoms with van der Waals surface area (Å²) in [6.07, 6.45) is 2.27. The van der Waals surface area contributed by atoms with Gasteiger partial charge in [-0.1, -0.05) is 0 Å². The smallest absolute Gasteiger partial charge is 0.274 e. The van der Waals surface area contributed by atoms with Crippen molar-refractivity contribution in [1.82, 2.24) is 45.0 Å². The Bertz CT molecular complexity index is 1310. The van der Waals surface area contributed by atoms with Crippen molar-refractivity contribution >= 4 is 23.5 Å². The first-order valence-corrected chi connectivity index (χ1v) is 10.7. The molecule has 0 radical (unpaired) electrons. The summed E-state index contributed by atoms with van der Waals surface area (Å²) in [6, 6.07) is 6.89. The first kappa shape index (κ1) is 21.4. The van der Waals surface area contributed by atoms with Gasteiger partial charge < -0.3 is 15.1 Å². The normalized spacial score (nSPS) is 13.9. The lowest BCUT2D eigenvalue weighted by Gasteiger charge is -2.34. The Morgan fingerprint density at radius 2 is 1.88 bits per heavy atom. The maximum absolute atomic E-state index is 13.1. The van der Waals surface area contributed by atoms with Crippen LogP contribution in [-0.2, 0) is 0 Å². The Hall–Kier alpha value is -4.42.